The number of aromatic nitrogens is 4. The Morgan fingerprint density at radius 2 is 2.07 bits per heavy atom. The van der Waals surface area contributed by atoms with Crippen LogP contribution >= 0.6 is 15.9 Å². The standard InChI is InChI=1S/C7H5BrN4O2/c1-13-5-3-2-4(9-10-5)6-11-12-7(8)14-6/h2-3H,1H3. The fourth-order valence-corrected chi connectivity index (χ4v) is 1.08. The fraction of sp³-hybridized carbons (Fsp3) is 0.143. The molecule has 0 saturated heterocycles. The van der Waals surface area contributed by atoms with E-state index in [1.165, 1.54) is 7.11 Å². The average Bonchev–Trinajstić information content (AvgIpc) is 2.65. The molecule has 0 aliphatic rings. The van der Waals surface area contributed by atoms with Gasteiger partial charge in [0.25, 0.3) is 10.7 Å². The Morgan fingerprint density at radius 3 is 2.57 bits per heavy atom. The van der Waals surface area contributed by atoms with E-state index in [9.17, 15) is 0 Å². The molecule has 14 heavy (non-hydrogen) atoms. The molecule has 0 aliphatic carbocycles. The van der Waals surface area contributed by atoms with Gasteiger partial charge >= 0.3 is 0 Å². The second-order valence-corrected chi connectivity index (χ2v) is 3.00. The lowest BCUT2D eigenvalue weighted by Crippen LogP contribution is -1.91. The smallest absolute Gasteiger partial charge is 0.285 e. The molecule has 0 fully saturated rings. The summed E-state index contributed by atoms with van der Waals surface area (Å²) in [4.78, 5) is 0.310. The third-order valence-corrected chi connectivity index (χ3v) is 1.79. The number of rotatable bonds is 2. The van der Waals surface area contributed by atoms with Crippen molar-refractivity contribution in [1.29, 1.82) is 0 Å². The molecule has 72 valence electrons. The van der Waals surface area contributed by atoms with E-state index in [2.05, 4.69) is 36.3 Å². The van der Waals surface area contributed by atoms with Gasteiger partial charge in [0.2, 0.25) is 5.88 Å². The van der Waals surface area contributed by atoms with E-state index >= 15 is 0 Å². The lowest BCUT2D eigenvalue weighted by Gasteiger charge is -1.96. The zero-order valence-electron chi connectivity index (χ0n) is 7.14. The molecule has 0 spiro atoms. The van der Waals surface area contributed by atoms with Gasteiger partial charge in [-0.3, -0.25) is 0 Å². The van der Waals surface area contributed by atoms with Gasteiger partial charge in [-0.25, -0.2) is 0 Å². The van der Waals surface area contributed by atoms with Crippen LogP contribution in [-0.2, 0) is 0 Å². The zero-order chi connectivity index (χ0) is 9.97. The maximum absolute atomic E-state index is 5.09. The van der Waals surface area contributed by atoms with Crippen molar-refractivity contribution in [2.24, 2.45) is 0 Å². The Labute approximate surface area is 87.4 Å². The van der Waals surface area contributed by atoms with E-state index in [1.807, 2.05) is 0 Å². The number of nitrogens with zero attached hydrogens (tertiary/aromatic N) is 4. The fourth-order valence-electron chi connectivity index (χ4n) is 0.852. The van der Waals surface area contributed by atoms with Crippen molar-refractivity contribution in [3.63, 3.8) is 0 Å². The number of methoxy groups -OCH3 is 1. The predicted octanol–water partition coefficient (Wildman–Crippen LogP) is 1.30. The average molecular weight is 257 g/mol. The maximum atomic E-state index is 5.09. The van der Waals surface area contributed by atoms with E-state index in [-0.39, 0.29) is 0 Å². The Bertz CT molecular complexity index is 428. The highest BCUT2D eigenvalue weighted by Gasteiger charge is 2.08. The minimum atomic E-state index is 0.310. The zero-order valence-corrected chi connectivity index (χ0v) is 8.72. The van der Waals surface area contributed by atoms with Crippen LogP contribution in [0.15, 0.2) is 21.3 Å². The van der Waals surface area contributed by atoms with Crippen molar-refractivity contribution < 1.29 is 9.15 Å². The summed E-state index contributed by atoms with van der Waals surface area (Å²) in [5, 5.41) is 15.0. The van der Waals surface area contributed by atoms with Crippen LogP contribution in [0.5, 0.6) is 5.88 Å². The van der Waals surface area contributed by atoms with Gasteiger partial charge in [-0.05, 0) is 6.07 Å². The summed E-state index contributed by atoms with van der Waals surface area (Å²) in [5.74, 6) is 0.749. The molecule has 2 heterocycles. The molecule has 2 aromatic heterocycles. The second-order valence-electron chi connectivity index (χ2n) is 2.32. The molecule has 0 amide bonds. The molecule has 0 saturated carbocycles. The lowest BCUT2D eigenvalue weighted by atomic mass is 10.4. The van der Waals surface area contributed by atoms with Crippen molar-refractivity contribution in [1.82, 2.24) is 20.4 Å². The highest BCUT2D eigenvalue weighted by molar-refractivity contribution is 9.10. The molecule has 2 aromatic rings. The number of hydrogen-bond donors (Lipinski definition) is 0. The molecule has 7 heteroatoms. The summed E-state index contributed by atoms with van der Waals surface area (Å²) in [6.45, 7) is 0. The lowest BCUT2D eigenvalue weighted by molar-refractivity contribution is 0.392. The number of halogens is 1. The van der Waals surface area contributed by atoms with E-state index in [0.29, 0.717) is 22.3 Å². The van der Waals surface area contributed by atoms with Crippen LogP contribution in [0.1, 0.15) is 0 Å². The Kier molecular flexibility index (Phi) is 2.40. The second kappa shape index (κ2) is 3.70. The Balaban J connectivity index is 2.33. The van der Waals surface area contributed by atoms with Crippen LogP contribution in [-0.4, -0.2) is 27.5 Å². The predicted molar refractivity (Wildman–Crippen MR) is 49.6 cm³/mol. The van der Waals surface area contributed by atoms with Gasteiger partial charge in [-0.1, -0.05) is 0 Å². The molecule has 0 aliphatic heterocycles. The SMILES string of the molecule is COc1ccc(-c2nnc(Br)o2)nn1. The number of hydrogen-bond acceptors (Lipinski definition) is 6. The first kappa shape index (κ1) is 9.07. The third-order valence-electron chi connectivity index (χ3n) is 1.47. The van der Waals surface area contributed by atoms with E-state index in [4.69, 9.17) is 9.15 Å². The summed E-state index contributed by atoms with van der Waals surface area (Å²) in [6, 6.07) is 3.35. The summed E-state index contributed by atoms with van der Waals surface area (Å²) < 4.78 is 9.95. The van der Waals surface area contributed by atoms with Crippen LogP contribution in [0, 0.1) is 0 Å². The molecule has 0 N–H and O–H groups in total. The Morgan fingerprint density at radius 1 is 1.21 bits per heavy atom. The van der Waals surface area contributed by atoms with Gasteiger partial charge in [-0.2, -0.15) is 0 Å². The van der Waals surface area contributed by atoms with E-state index in [0.717, 1.165) is 0 Å². The molecular formula is C7H5BrN4O2. The molecule has 0 aromatic carbocycles. The highest BCUT2D eigenvalue weighted by Crippen LogP contribution is 2.18. The molecule has 2 rings (SSSR count). The summed E-state index contributed by atoms with van der Waals surface area (Å²) in [5.41, 5.74) is 0.504. The van der Waals surface area contributed by atoms with Crippen LogP contribution < -0.4 is 4.74 Å². The van der Waals surface area contributed by atoms with E-state index < -0.39 is 0 Å². The normalized spacial score (nSPS) is 10.1. The monoisotopic (exact) mass is 256 g/mol. The van der Waals surface area contributed by atoms with Crippen LogP contribution in [0.4, 0.5) is 0 Å². The van der Waals surface area contributed by atoms with Gasteiger partial charge in [0.1, 0.15) is 0 Å². The first-order valence-corrected chi connectivity index (χ1v) is 4.46. The van der Waals surface area contributed by atoms with Gasteiger partial charge < -0.3 is 9.15 Å². The largest absolute Gasteiger partial charge is 0.480 e. The minimum Gasteiger partial charge on any atom is -0.480 e. The van der Waals surface area contributed by atoms with Crippen LogP contribution in [0.3, 0.4) is 0 Å². The van der Waals surface area contributed by atoms with Gasteiger partial charge in [0.15, 0.2) is 5.69 Å². The van der Waals surface area contributed by atoms with Crippen molar-refractivity contribution >= 4 is 15.9 Å². The maximum Gasteiger partial charge on any atom is 0.285 e. The van der Waals surface area contributed by atoms with Crippen molar-refractivity contribution in [3.8, 4) is 17.5 Å². The van der Waals surface area contributed by atoms with Gasteiger partial charge in [0.05, 0.1) is 7.11 Å². The molecule has 6 nitrogen and oxygen atoms in total. The quantitative estimate of drug-likeness (QED) is 0.807. The molecular weight excluding hydrogens is 252 g/mol. The highest BCUT2D eigenvalue weighted by atomic mass is 79.9. The summed E-state index contributed by atoms with van der Waals surface area (Å²) in [6.07, 6.45) is 0. The number of ether oxygens (including phenoxy) is 1. The third kappa shape index (κ3) is 1.72. The summed E-state index contributed by atoms with van der Waals surface area (Å²) in [7, 11) is 1.52. The van der Waals surface area contributed by atoms with Crippen LogP contribution in [0.2, 0.25) is 0 Å². The molecule has 0 bridgehead atoms. The first-order chi connectivity index (χ1) is 6.79. The van der Waals surface area contributed by atoms with Gasteiger partial charge in [0, 0.05) is 22.0 Å². The Hall–Kier alpha value is -1.50. The first-order valence-electron chi connectivity index (χ1n) is 3.66. The van der Waals surface area contributed by atoms with Crippen molar-refractivity contribution in [3.05, 3.63) is 16.9 Å². The molecule has 0 atom stereocenters. The van der Waals surface area contributed by atoms with Crippen LogP contribution in [0.25, 0.3) is 11.6 Å². The summed E-state index contributed by atoms with van der Waals surface area (Å²) >= 11 is 3.04. The topological polar surface area (TPSA) is 73.9 Å². The van der Waals surface area contributed by atoms with Crippen molar-refractivity contribution in [2.75, 3.05) is 7.11 Å². The van der Waals surface area contributed by atoms with Gasteiger partial charge in [-0.15, -0.1) is 20.4 Å². The molecule has 0 radical (unpaired) electrons. The minimum absolute atomic E-state index is 0.310. The van der Waals surface area contributed by atoms with Crippen molar-refractivity contribution in [2.45, 2.75) is 0 Å². The molecule has 0 unspecified atom stereocenters. The van der Waals surface area contributed by atoms with E-state index in [1.54, 1.807) is 12.1 Å².